The quantitative estimate of drug-likeness (QED) is 0.608. The van der Waals surface area contributed by atoms with Gasteiger partial charge in [0.2, 0.25) is 0 Å². The van der Waals surface area contributed by atoms with Gasteiger partial charge in [-0.3, -0.25) is 0 Å². The number of rotatable bonds is 2. The van der Waals surface area contributed by atoms with Crippen LogP contribution in [0.5, 0.6) is 0 Å². The van der Waals surface area contributed by atoms with Gasteiger partial charge >= 0.3 is 0 Å². The molecule has 1 nitrogen and oxygen atoms in total. The lowest BCUT2D eigenvalue weighted by atomic mass is 9.62. The molecule has 15 heavy (non-hydrogen) atoms. The van der Waals surface area contributed by atoms with E-state index in [1.165, 1.54) is 30.1 Å². The Morgan fingerprint density at radius 3 is 2.80 bits per heavy atom. The van der Waals surface area contributed by atoms with Crippen LogP contribution in [-0.2, 0) is 0 Å². The van der Waals surface area contributed by atoms with Gasteiger partial charge in [0.25, 0.3) is 0 Å². The minimum Gasteiger partial charge on any atom is -0.393 e. The number of fused-ring (bicyclic) bond motifs is 1. The molecule has 0 heterocycles. The lowest BCUT2D eigenvalue weighted by molar-refractivity contribution is -0.0247. The smallest absolute Gasteiger partial charge is 0.0573 e. The van der Waals surface area contributed by atoms with Crippen molar-refractivity contribution in [2.75, 3.05) is 4.43 Å². The molecule has 0 bridgehead atoms. The molecule has 2 aliphatic carbocycles. The highest BCUT2D eigenvalue weighted by atomic mass is 127. The molecule has 2 heteroatoms. The maximum atomic E-state index is 10.1. The molecule has 5 atom stereocenters. The van der Waals surface area contributed by atoms with Gasteiger partial charge in [-0.2, -0.15) is 0 Å². The molecule has 0 spiro atoms. The zero-order chi connectivity index (χ0) is 11.1. The van der Waals surface area contributed by atoms with Crippen LogP contribution < -0.4 is 0 Å². The highest BCUT2D eigenvalue weighted by Gasteiger charge is 2.51. The molecule has 0 saturated heterocycles. The number of halogens is 1. The molecule has 0 radical (unpaired) electrons. The first-order valence-corrected chi connectivity index (χ1v) is 7.86. The fraction of sp³-hybridized carbons (Fsp3) is 1.00. The van der Waals surface area contributed by atoms with Crippen molar-refractivity contribution in [2.24, 2.45) is 23.2 Å². The van der Waals surface area contributed by atoms with E-state index in [0.29, 0.717) is 11.3 Å². The predicted molar refractivity (Wildman–Crippen MR) is 72.2 cm³/mol. The Hall–Kier alpha value is 0.690. The molecule has 2 aliphatic rings. The van der Waals surface area contributed by atoms with Gasteiger partial charge in [-0.25, -0.2) is 0 Å². The summed E-state index contributed by atoms with van der Waals surface area (Å²) in [7, 11) is 0. The van der Waals surface area contributed by atoms with Crippen LogP contribution in [0.4, 0.5) is 0 Å². The fourth-order valence-corrected chi connectivity index (χ4v) is 4.85. The molecule has 1 N–H and O–H groups in total. The van der Waals surface area contributed by atoms with Crippen molar-refractivity contribution in [1.29, 1.82) is 0 Å². The Balaban J connectivity index is 2.17. The normalized spacial score (nSPS) is 47.6. The van der Waals surface area contributed by atoms with E-state index in [0.717, 1.165) is 18.3 Å². The van der Waals surface area contributed by atoms with Crippen LogP contribution >= 0.6 is 22.6 Å². The highest BCUT2D eigenvalue weighted by Crippen LogP contribution is 2.57. The van der Waals surface area contributed by atoms with Crippen LogP contribution in [0.1, 0.15) is 46.0 Å². The van der Waals surface area contributed by atoms with Gasteiger partial charge in [-0.05, 0) is 48.9 Å². The average Bonchev–Trinajstić information content (AvgIpc) is 2.56. The summed E-state index contributed by atoms with van der Waals surface area (Å²) < 4.78 is 1.26. The molecule has 2 fully saturated rings. The molecule has 0 aromatic heterocycles. The van der Waals surface area contributed by atoms with Gasteiger partial charge in [0.15, 0.2) is 0 Å². The van der Waals surface area contributed by atoms with Crippen molar-refractivity contribution >= 4 is 22.6 Å². The number of aliphatic hydroxyl groups excluding tert-OH is 1. The molecule has 0 amide bonds. The first-order valence-electron chi connectivity index (χ1n) is 6.33. The van der Waals surface area contributed by atoms with Crippen LogP contribution in [0, 0.1) is 23.2 Å². The van der Waals surface area contributed by atoms with Crippen LogP contribution in [-0.4, -0.2) is 15.6 Å². The van der Waals surface area contributed by atoms with E-state index in [-0.39, 0.29) is 6.10 Å². The second-order valence-corrected chi connectivity index (χ2v) is 6.77. The van der Waals surface area contributed by atoms with Crippen molar-refractivity contribution in [2.45, 2.75) is 52.1 Å². The van der Waals surface area contributed by atoms with E-state index >= 15 is 0 Å². The Labute approximate surface area is 107 Å². The number of aliphatic hydroxyl groups is 1. The average molecular weight is 322 g/mol. The third-order valence-corrected chi connectivity index (χ3v) is 6.48. The van der Waals surface area contributed by atoms with Crippen LogP contribution in [0.25, 0.3) is 0 Å². The van der Waals surface area contributed by atoms with Gasteiger partial charge in [-0.15, -0.1) is 0 Å². The molecular weight excluding hydrogens is 299 g/mol. The van der Waals surface area contributed by atoms with Gasteiger partial charge in [0.1, 0.15) is 0 Å². The van der Waals surface area contributed by atoms with Crippen molar-refractivity contribution in [3.8, 4) is 0 Å². The van der Waals surface area contributed by atoms with Crippen molar-refractivity contribution < 1.29 is 5.11 Å². The summed E-state index contributed by atoms with van der Waals surface area (Å²) in [6, 6.07) is 0. The third-order valence-electron chi connectivity index (χ3n) is 5.09. The zero-order valence-corrected chi connectivity index (χ0v) is 12.0. The molecule has 0 aromatic carbocycles. The first kappa shape index (κ1) is 12.2. The summed E-state index contributed by atoms with van der Waals surface area (Å²) in [5, 5.41) is 10.1. The summed E-state index contributed by atoms with van der Waals surface area (Å²) in [6.07, 6.45) is 6.24. The van der Waals surface area contributed by atoms with E-state index in [9.17, 15) is 5.11 Å². The number of hydrogen-bond acceptors (Lipinski definition) is 1. The number of alkyl halides is 1. The summed E-state index contributed by atoms with van der Waals surface area (Å²) in [5.41, 5.74) is 0.447. The van der Waals surface area contributed by atoms with Gasteiger partial charge in [0.05, 0.1) is 6.10 Å². The summed E-state index contributed by atoms with van der Waals surface area (Å²) in [4.78, 5) is 0. The predicted octanol–water partition coefficient (Wildman–Crippen LogP) is 3.63. The maximum absolute atomic E-state index is 10.1. The number of hydrogen-bond donors (Lipinski definition) is 1. The monoisotopic (exact) mass is 322 g/mol. The lowest BCUT2D eigenvalue weighted by Crippen LogP contribution is -2.41. The molecule has 0 unspecified atom stereocenters. The van der Waals surface area contributed by atoms with Crippen LogP contribution in [0.15, 0.2) is 0 Å². The van der Waals surface area contributed by atoms with Crippen molar-refractivity contribution in [3.05, 3.63) is 0 Å². The maximum Gasteiger partial charge on any atom is 0.0573 e. The summed E-state index contributed by atoms with van der Waals surface area (Å²) in [6.45, 7) is 4.84. The van der Waals surface area contributed by atoms with E-state index in [4.69, 9.17) is 0 Å². The molecule has 2 saturated carbocycles. The minimum atomic E-state index is -0.00448. The van der Waals surface area contributed by atoms with Gasteiger partial charge < -0.3 is 5.11 Å². The molecule has 2 rings (SSSR count). The summed E-state index contributed by atoms with van der Waals surface area (Å²) >= 11 is 2.52. The molecule has 0 aromatic rings. The van der Waals surface area contributed by atoms with Crippen LogP contribution in [0.2, 0.25) is 0 Å². The minimum absolute atomic E-state index is 0.00448. The van der Waals surface area contributed by atoms with E-state index in [1.54, 1.807) is 0 Å². The Morgan fingerprint density at radius 2 is 2.13 bits per heavy atom. The Kier molecular flexibility index (Phi) is 3.66. The fourth-order valence-electron chi connectivity index (χ4n) is 4.23. The van der Waals surface area contributed by atoms with Crippen LogP contribution in [0.3, 0.4) is 0 Å². The third kappa shape index (κ3) is 1.97. The van der Waals surface area contributed by atoms with E-state index in [1.807, 2.05) is 0 Å². The zero-order valence-electron chi connectivity index (χ0n) is 9.88. The first-order chi connectivity index (χ1) is 7.09. The SMILES string of the molecule is C[C@H](CI)[C@H]1CC[C@H]2[C@@H](O)CCC[C@]12C. The highest BCUT2D eigenvalue weighted by molar-refractivity contribution is 14.1. The Morgan fingerprint density at radius 1 is 1.40 bits per heavy atom. The molecule has 88 valence electrons. The van der Waals surface area contributed by atoms with E-state index < -0.39 is 0 Å². The van der Waals surface area contributed by atoms with Crippen molar-refractivity contribution in [1.82, 2.24) is 0 Å². The summed E-state index contributed by atoms with van der Waals surface area (Å²) in [5.74, 6) is 2.28. The standard InChI is InChI=1S/C13H23IO/c1-9(8-14)10-5-6-11-12(15)4-3-7-13(10,11)2/h9-12,15H,3-8H2,1-2H3/t9-,10-,11+,12+,13-/m1/s1. The molecular formula is C13H23IO. The second-order valence-electron chi connectivity index (χ2n) is 5.89. The molecule has 0 aliphatic heterocycles. The van der Waals surface area contributed by atoms with E-state index in [2.05, 4.69) is 36.4 Å². The van der Waals surface area contributed by atoms with Gasteiger partial charge in [0, 0.05) is 4.43 Å². The van der Waals surface area contributed by atoms with Crippen molar-refractivity contribution in [3.63, 3.8) is 0 Å². The van der Waals surface area contributed by atoms with Gasteiger partial charge in [-0.1, -0.05) is 42.9 Å². The Bertz CT molecular complexity index is 231. The lowest BCUT2D eigenvalue weighted by Gasteiger charge is -2.45. The largest absolute Gasteiger partial charge is 0.393 e. The second kappa shape index (κ2) is 4.52. The topological polar surface area (TPSA) is 20.2 Å².